The van der Waals surface area contributed by atoms with Gasteiger partial charge in [0.25, 0.3) is 0 Å². The predicted molar refractivity (Wildman–Crippen MR) is 179 cm³/mol. The lowest BCUT2D eigenvalue weighted by molar-refractivity contribution is -0.134. The first-order chi connectivity index (χ1) is 22.5. The maximum Gasteiger partial charge on any atom is 0.243 e. The van der Waals surface area contributed by atoms with Crippen LogP contribution in [0.2, 0.25) is 0 Å². The zero-order valence-corrected chi connectivity index (χ0v) is 28.5. The van der Waals surface area contributed by atoms with Crippen molar-refractivity contribution in [2.24, 2.45) is 5.41 Å². The second kappa shape index (κ2) is 14.8. The van der Waals surface area contributed by atoms with Crippen LogP contribution in [0.1, 0.15) is 74.6 Å². The van der Waals surface area contributed by atoms with Crippen molar-refractivity contribution in [1.82, 2.24) is 24.3 Å². The first-order valence-corrected chi connectivity index (χ1v) is 17.5. The third-order valence-corrected chi connectivity index (χ3v) is 10.5. The van der Waals surface area contributed by atoms with Gasteiger partial charge in [-0.2, -0.15) is 4.31 Å². The monoisotopic (exact) mass is 660 g/mol. The highest BCUT2D eigenvalue weighted by Gasteiger charge is 2.40. The Balaban J connectivity index is 1.49. The number of carbonyl (C=O) groups is 1. The Labute approximate surface area is 277 Å². The number of pyridine rings is 1. The highest BCUT2D eigenvalue weighted by Crippen LogP contribution is 2.39. The number of benzene rings is 2. The molecule has 4 aromatic rings. The van der Waals surface area contributed by atoms with E-state index in [1.807, 2.05) is 58.2 Å². The summed E-state index contributed by atoms with van der Waals surface area (Å²) in [5.74, 6) is -0.252. The highest BCUT2D eigenvalue weighted by molar-refractivity contribution is 7.89. The molecule has 0 fully saturated rings. The number of rotatable bonds is 12. The number of nitrogens with zero attached hydrogens (tertiary/aromatic N) is 5. The van der Waals surface area contributed by atoms with E-state index in [9.17, 15) is 13.2 Å². The number of sulfonamides is 1. The highest BCUT2D eigenvalue weighted by atomic mass is 32.2. The Hall–Kier alpha value is -3.97. The number of amides is 1. The van der Waals surface area contributed by atoms with Gasteiger partial charge in [0.15, 0.2) is 0 Å². The van der Waals surface area contributed by atoms with Gasteiger partial charge >= 0.3 is 0 Å². The molecule has 2 aromatic heterocycles. The molecule has 11 nitrogen and oxygen atoms in total. The van der Waals surface area contributed by atoms with Crippen molar-refractivity contribution in [3.8, 4) is 0 Å². The van der Waals surface area contributed by atoms with Crippen molar-refractivity contribution in [1.29, 1.82) is 0 Å². The second-order valence-electron chi connectivity index (χ2n) is 12.5. The van der Waals surface area contributed by atoms with Crippen molar-refractivity contribution in [3.05, 3.63) is 101 Å². The van der Waals surface area contributed by atoms with Gasteiger partial charge < -0.3 is 14.8 Å². The molecule has 3 heterocycles. The lowest BCUT2D eigenvalue weighted by Gasteiger charge is -2.34. The van der Waals surface area contributed by atoms with Gasteiger partial charge in [0.05, 0.1) is 53.8 Å². The van der Waals surface area contributed by atoms with Gasteiger partial charge in [0, 0.05) is 25.8 Å². The molecule has 1 amide bonds. The minimum absolute atomic E-state index is 0.133. The van der Waals surface area contributed by atoms with E-state index in [1.54, 1.807) is 47.4 Å². The average Bonchev–Trinajstić information content (AvgIpc) is 3.51. The Morgan fingerprint density at radius 1 is 1.15 bits per heavy atom. The maximum absolute atomic E-state index is 14.1. The molecule has 0 aliphatic carbocycles. The van der Waals surface area contributed by atoms with Gasteiger partial charge in [-0.1, -0.05) is 55.5 Å². The minimum atomic E-state index is -3.82. The van der Waals surface area contributed by atoms with Crippen LogP contribution in [0.5, 0.6) is 0 Å². The molecule has 0 radical (unpaired) electrons. The average molecular weight is 661 g/mol. The Morgan fingerprint density at radius 3 is 2.70 bits per heavy atom. The van der Waals surface area contributed by atoms with Crippen LogP contribution >= 0.6 is 0 Å². The van der Waals surface area contributed by atoms with E-state index in [0.717, 1.165) is 29.7 Å². The van der Waals surface area contributed by atoms with Gasteiger partial charge in [0.1, 0.15) is 5.69 Å². The van der Waals surface area contributed by atoms with E-state index in [4.69, 9.17) is 9.47 Å². The summed E-state index contributed by atoms with van der Waals surface area (Å²) in [4.78, 5) is 18.2. The third kappa shape index (κ3) is 7.95. The molecule has 0 unspecified atom stereocenters. The van der Waals surface area contributed by atoms with E-state index >= 15 is 0 Å². The van der Waals surface area contributed by atoms with Crippen molar-refractivity contribution in [3.63, 3.8) is 0 Å². The van der Waals surface area contributed by atoms with Crippen LogP contribution < -0.4 is 5.32 Å². The van der Waals surface area contributed by atoms with E-state index in [2.05, 4.69) is 27.5 Å². The molecule has 2 aromatic carbocycles. The lowest BCUT2D eigenvalue weighted by Crippen LogP contribution is -2.40. The fourth-order valence-corrected chi connectivity index (χ4v) is 7.35. The van der Waals surface area contributed by atoms with Crippen LogP contribution in [0.4, 0.5) is 5.69 Å². The molecule has 1 N–H and O–H groups in total. The van der Waals surface area contributed by atoms with Crippen molar-refractivity contribution in [2.45, 2.75) is 90.9 Å². The molecule has 0 saturated heterocycles. The van der Waals surface area contributed by atoms with E-state index in [-0.39, 0.29) is 43.2 Å². The van der Waals surface area contributed by atoms with E-state index in [1.165, 1.54) is 4.31 Å². The Morgan fingerprint density at radius 2 is 1.96 bits per heavy atom. The van der Waals surface area contributed by atoms with Crippen LogP contribution in [-0.4, -0.2) is 51.3 Å². The molecule has 1 aliphatic rings. The molecule has 12 heteroatoms. The summed E-state index contributed by atoms with van der Waals surface area (Å²) in [6.45, 7) is 11.2. The summed E-state index contributed by atoms with van der Waals surface area (Å²) in [6, 6.07) is 16.4. The molecule has 0 saturated carbocycles. The van der Waals surface area contributed by atoms with Gasteiger partial charge in [-0.3, -0.25) is 14.5 Å². The number of hydrogen-bond donors (Lipinski definition) is 1. The zero-order valence-electron chi connectivity index (χ0n) is 27.7. The summed E-state index contributed by atoms with van der Waals surface area (Å²) >= 11 is 0. The normalized spacial score (nSPS) is 17.3. The number of ether oxygens (including phenoxy) is 2. The fraction of sp³-hybridized carbons (Fsp3) is 0.429. The molecular formula is C35H44N6O5S. The third-order valence-electron chi connectivity index (χ3n) is 8.55. The molecule has 0 spiro atoms. The summed E-state index contributed by atoms with van der Waals surface area (Å²) in [6.07, 6.45) is 5.71. The maximum atomic E-state index is 14.1. The molecule has 250 valence electrons. The molecule has 2 atom stereocenters. The number of nitrogens with one attached hydrogen (secondary N) is 1. The Kier molecular flexibility index (Phi) is 10.9. The topological polar surface area (TPSA) is 129 Å². The van der Waals surface area contributed by atoms with Crippen molar-refractivity contribution in [2.75, 3.05) is 11.9 Å². The van der Waals surface area contributed by atoms with Crippen LogP contribution in [0.3, 0.4) is 0 Å². The molecule has 1 aliphatic heterocycles. The number of aromatic nitrogens is 4. The van der Waals surface area contributed by atoms with Crippen molar-refractivity contribution >= 4 is 21.6 Å². The molecule has 47 heavy (non-hydrogen) atoms. The molecule has 5 rings (SSSR count). The van der Waals surface area contributed by atoms with Crippen LogP contribution in [0.25, 0.3) is 0 Å². The van der Waals surface area contributed by atoms with Crippen LogP contribution in [0.15, 0.2) is 78.1 Å². The van der Waals surface area contributed by atoms with Gasteiger partial charge in [-0.05, 0) is 74.1 Å². The fourth-order valence-electron chi connectivity index (χ4n) is 5.69. The van der Waals surface area contributed by atoms with Gasteiger partial charge in [-0.25, -0.2) is 8.42 Å². The quantitative estimate of drug-likeness (QED) is 0.202. The largest absolute Gasteiger partial charge is 0.372 e. The van der Waals surface area contributed by atoms with Crippen LogP contribution in [-0.2, 0) is 50.6 Å². The summed E-state index contributed by atoms with van der Waals surface area (Å²) in [5, 5.41) is 11.4. The number of hydrogen-bond acceptors (Lipinski definition) is 8. The van der Waals surface area contributed by atoms with Crippen molar-refractivity contribution < 1.29 is 22.7 Å². The first kappa shape index (κ1) is 34.4. The second-order valence-corrected chi connectivity index (χ2v) is 14.4. The smallest absolute Gasteiger partial charge is 0.243 e. The zero-order chi connectivity index (χ0) is 33.6. The van der Waals surface area contributed by atoms with E-state index < -0.39 is 21.5 Å². The van der Waals surface area contributed by atoms with Crippen LogP contribution in [0, 0.1) is 12.3 Å². The number of carbonyl (C=O) groups excluding carboxylic acids is 1. The standard InChI is InChI=1S/C35H44N6O5S/c1-6-17-40-21-30(38-39-40)24-46-33(35(4,5)34(42)37-29-12-10-16-36-19-29)26-15-14-25(3)28(18-26)20-41-22-31(7-2)45-23-27-11-8-9-13-32(27)47(41,43)44/h8-16,18-19,21,31,33H,6-7,17,20,22-24H2,1-5H3,(H,37,42)/t31-,33-/m1/s1. The predicted octanol–water partition coefficient (Wildman–Crippen LogP) is 5.81. The summed E-state index contributed by atoms with van der Waals surface area (Å²) in [5.41, 5.74) is 3.28. The SMILES string of the molecule is CCCn1cc(CO[C@H](c2ccc(C)c(CN3C[C@@H](CC)OCc4ccccc4S3(=O)=O)c2)C(C)(C)C(=O)Nc2cccnc2)nn1. The minimum Gasteiger partial charge on any atom is -0.372 e. The van der Waals surface area contributed by atoms with Gasteiger partial charge in [-0.15, -0.1) is 5.10 Å². The first-order valence-electron chi connectivity index (χ1n) is 16.0. The lowest BCUT2D eigenvalue weighted by atomic mass is 9.80. The summed E-state index contributed by atoms with van der Waals surface area (Å²) < 4.78 is 44.1. The number of fused-ring (bicyclic) bond motifs is 1. The number of aryl methyl sites for hydroxylation is 2. The van der Waals surface area contributed by atoms with E-state index in [0.29, 0.717) is 23.4 Å². The Bertz CT molecular complexity index is 1780. The molecule has 0 bridgehead atoms. The molecular weight excluding hydrogens is 616 g/mol. The summed E-state index contributed by atoms with van der Waals surface area (Å²) in [7, 11) is -3.82. The van der Waals surface area contributed by atoms with Gasteiger partial charge in [0.2, 0.25) is 15.9 Å². The number of anilines is 1.